The molecule has 0 aromatic heterocycles. The number of nitrogens with zero attached hydrogens (tertiary/aromatic N) is 1. The van der Waals surface area contributed by atoms with Crippen molar-refractivity contribution in [2.75, 3.05) is 19.6 Å². The number of halogens is 3. The van der Waals surface area contributed by atoms with Crippen LogP contribution in [0.3, 0.4) is 0 Å². The van der Waals surface area contributed by atoms with E-state index in [0.717, 1.165) is 48.0 Å². The van der Waals surface area contributed by atoms with Crippen LogP contribution in [0, 0.1) is 11.8 Å². The number of piperidine rings is 1. The number of likely N-dealkylation sites (tertiary alicyclic amines) is 1. The number of amides is 1. The van der Waals surface area contributed by atoms with Crippen LogP contribution in [0.25, 0.3) is 0 Å². The molecule has 1 amide bonds. The van der Waals surface area contributed by atoms with E-state index in [0.29, 0.717) is 12.5 Å². The van der Waals surface area contributed by atoms with E-state index in [2.05, 4.69) is 0 Å². The van der Waals surface area contributed by atoms with Crippen molar-refractivity contribution in [3.05, 3.63) is 33.8 Å². The van der Waals surface area contributed by atoms with Gasteiger partial charge in [-0.05, 0) is 48.9 Å². The third-order valence-corrected chi connectivity index (χ3v) is 4.82. The van der Waals surface area contributed by atoms with E-state index in [4.69, 9.17) is 28.9 Å². The van der Waals surface area contributed by atoms with Gasteiger partial charge in [0, 0.05) is 35.6 Å². The smallest absolute Gasteiger partial charge is 0.226 e. The number of carbonyl (C=O) groups excluding carboxylic acids is 1. The second-order valence-corrected chi connectivity index (χ2v) is 6.69. The van der Waals surface area contributed by atoms with E-state index in [1.54, 1.807) is 0 Å². The van der Waals surface area contributed by atoms with Crippen molar-refractivity contribution in [2.24, 2.45) is 17.6 Å². The van der Waals surface area contributed by atoms with Crippen LogP contribution >= 0.6 is 35.6 Å². The van der Waals surface area contributed by atoms with Gasteiger partial charge in [0.05, 0.1) is 0 Å². The Balaban J connectivity index is 0.00000242. The van der Waals surface area contributed by atoms with Gasteiger partial charge in [-0.1, -0.05) is 30.1 Å². The summed E-state index contributed by atoms with van der Waals surface area (Å²) in [4.78, 5) is 14.0. The van der Waals surface area contributed by atoms with Crippen LogP contribution in [-0.2, 0) is 11.2 Å². The zero-order valence-electron chi connectivity index (χ0n) is 12.7. The SMILES string of the molecule is CC(CN)C(=O)N1CCC(Cc2cc(Cl)ccc2Cl)CC1.Cl. The predicted molar refractivity (Wildman–Crippen MR) is 94.9 cm³/mol. The monoisotopic (exact) mass is 364 g/mol. The van der Waals surface area contributed by atoms with Crippen LogP contribution in [-0.4, -0.2) is 30.4 Å². The molecule has 1 aromatic carbocycles. The fraction of sp³-hybridized carbons (Fsp3) is 0.562. The second kappa shape index (κ2) is 8.97. The van der Waals surface area contributed by atoms with Gasteiger partial charge >= 0.3 is 0 Å². The minimum atomic E-state index is -0.0797. The van der Waals surface area contributed by atoms with Gasteiger partial charge in [0.1, 0.15) is 0 Å². The Labute approximate surface area is 148 Å². The topological polar surface area (TPSA) is 46.3 Å². The van der Waals surface area contributed by atoms with Crippen molar-refractivity contribution < 1.29 is 4.79 Å². The first kappa shape index (κ1) is 19.6. The molecule has 2 rings (SSSR count). The highest BCUT2D eigenvalue weighted by Gasteiger charge is 2.25. The molecule has 1 atom stereocenters. The average molecular weight is 366 g/mol. The molecule has 0 spiro atoms. The molecule has 2 N–H and O–H groups in total. The van der Waals surface area contributed by atoms with Crippen LogP contribution in [0.1, 0.15) is 25.3 Å². The molecule has 0 aliphatic carbocycles. The van der Waals surface area contributed by atoms with E-state index in [1.165, 1.54) is 0 Å². The highest BCUT2D eigenvalue weighted by Crippen LogP contribution is 2.28. The van der Waals surface area contributed by atoms with Crippen LogP contribution in [0.4, 0.5) is 0 Å². The summed E-state index contributed by atoms with van der Waals surface area (Å²) in [6, 6.07) is 5.60. The van der Waals surface area contributed by atoms with Gasteiger partial charge in [-0.3, -0.25) is 4.79 Å². The third-order valence-electron chi connectivity index (χ3n) is 4.22. The van der Waals surface area contributed by atoms with Crippen molar-refractivity contribution in [1.29, 1.82) is 0 Å². The van der Waals surface area contributed by atoms with Crippen molar-refractivity contribution >= 4 is 41.5 Å². The third kappa shape index (κ3) is 5.02. The highest BCUT2D eigenvalue weighted by atomic mass is 35.5. The fourth-order valence-corrected chi connectivity index (χ4v) is 3.17. The lowest BCUT2D eigenvalue weighted by Crippen LogP contribution is -2.43. The zero-order valence-corrected chi connectivity index (χ0v) is 15.1. The van der Waals surface area contributed by atoms with Crippen molar-refractivity contribution in [3.8, 4) is 0 Å². The molecule has 22 heavy (non-hydrogen) atoms. The lowest BCUT2D eigenvalue weighted by Gasteiger charge is -2.33. The second-order valence-electron chi connectivity index (χ2n) is 5.85. The first-order chi connectivity index (χ1) is 10.0. The summed E-state index contributed by atoms with van der Waals surface area (Å²) >= 11 is 12.2. The number of rotatable bonds is 4. The van der Waals surface area contributed by atoms with Crippen molar-refractivity contribution in [2.45, 2.75) is 26.2 Å². The molecule has 1 heterocycles. The van der Waals surface area contributed by atoms with Gasteiger partial charge in [-0.15, -0.1) is 12.4 Å². The Hall–Kier alpha value is -0.480. The number of nitrogens with two attached hydrogens (primary N) is 1. The van der Waals surface area contributed by atoms with Gasteiger partial charge in [-0.25, -0.2) is 0 Å². The molecule has 0 bridgehead atoms. The van der Waals surface area contributed by atoms with Crippen molar-refractivity contribution in [3.63, 3.8) is 0 Å². The maximum absolute atomic E-state index is 12.1. The van der Waals surface area contributed by atoms with Gasteiger partial charge in [0.2, 0.25) is 5.91 Å². The molecule has 0 saturated carbocycles. The Morgan fingerprint density at radius 3 is 2.59 bits per heavy atom. The molecule has 124 valence electrons. The number of benzene rings is 1. The lowest BCUT2D eigenvalue weighted by molar-refractivity contribution is -0.136. The fourth-order valence-electron chi connectivity index (χ4n) is 2.78. The van der Waals surface area contributed by atoms with E-state index in [9.17, 15) is 4.79 Å². The van der Waals surface area contributed by atoms with Crippen LogP contribution in [0.15, 0.2) is 18.2 Å². The summed E-state index contributed by atoms with van der Waals surface area (Å²) in [5, 5.41) is 1.49. The number of hydrogen-bond donors (Lipinski definition) is 1. The predicted octanol–water partition coefficient (Wildman–Crippen LogP) is 3.79. The number of hydrogen-bond acceptors (Lipinski definition) is 2. The Morgan fingerprint density at radius 1 is 1.36 bits per heavy atom. The van der Waals surface area contributed by atoms with Crippen LogP contribution < -0.4 is 5.73 Å². The first-order valence-electron chi connectivity index (χ1n) is 7.44. The molecule has 6 heteroatoms. The largest absolute Gasteiger partial charge is 0.342 e. The maximum Gasteiger partial charge on any atom is 0.226 e. The quantitative estimate of drug-likeness (QED) is 0.882. The maximum atomic E-state index is 12.1. The van der Waals surface area contributed by atoms with Gasteiger partial charge in [0.25, 0.3) is 0 Å². The molecule has 1 aromatic rings. The summed E-state index contributed by atoms with van der Waals surface area (Å²) in [7, 11) is 0. The van der Waals surface area contributed by atoms with E-state index in [-0.39, 0.29) is 24.2 Å². The summed E-state index contributed by atoms with van der Waals surface area (Å²) in [5.74, 6) is 0.652. The normalized spacial score (nSPS) is 17.0. The molecule has 1 aliphatic rings. The van der Waals surface area contributed by atoms with Crippen LogP contribution in [0.2, 0.25) is 10.0 Å². The minimum Gasteiger partial charge on any atom is -0.342 e. The van der Waals surface area contributed by atoms with E-state index in [1.807, 2.05) is 30.0 Å². The Kier molecular flexibility index (Phi) is 7.98. The molecular weight excluding hydrogens is 343 g/mol. The number of carbonyl (C=O) groups is 1. The molecule has 1 aliphatic heterocycles. The van der Waals surface area contributed by atoms with Crippen LogP contribution in [0.5, 0.6) is 0 Å². The van der Waals surface area contributed by atoms with Gasteiger partial charge < -0.3 is 10.6 Å². The molecular formula is C16H23Cl3N2O. The summed E-state index contributed by atoms with van der Waals surface area (Å²) in [6.45, 7) is 3.93. The lowest BCUT2D eigenvalue weighted by atomic mass is 9.89. The average Bonchev–Trinajstić information content (AvgIpc) is 2.50. The van der Waals surface area contributed by atoms with Gasteiger partial charge in [-0.2, -0.15) is 0 Å². The zero-order chi connectivity index (χ0) is 15.4. The summed E-state index contributed by atoms with van der Waals surface area (Å²) in [5.41, 5.74) is 6.67. The van der Waals surface area contributed by atoms with E-state index < -0.39 is 0 Å². The minimum absolute atomic E-state index is 0. The molecule has 1 unspecified atom stereocenters. The standard InChI is InChI=1S/C16H22Cl2N2O.ClH/c1-11(10-19)16(21)20-6-4-12(5-7-20)8-13-9-14(17)2-3-15(13)18;/h2-3,9,11-12H,4-8,10,19H2,1H3;1H. The summed E-state index contributed by atoms with van der Waals surface area (Å²) < 4.78 is 0. The Bertz CT molecular complexity index is 502. The molecule has 1 fully saturated rings. The highest BCUT2D eigenvalue weighted by molar-refractivity contribution is 6.33. The van der Waals surface area contributed by atoms with E-state index >= 15 is 0 Å². The van der Waals surface area contributed by atoms with Crippen molar-refractivity contribution in [1.82, 2.24) is 4.90 Å². The van der Waals surface area contributed by atoms with Gasteiger partial charge in [0.15, 0.2) is 0 Å². The molecule has 0 radical (unpaired) electrons. The summed E-state index contributed by atoms with van der Waals surface area (Å²) in [6.07, 6.45) is 2.94. The molecule has 1 saturated heterocycles. The first-order valence-corrected chi connectivity index (χ1v) is 8.19. The Morgan fingerprint density at radius 2 is 2.00 bits per heavy atom. The molecule has 3 nitrogen and oxygen atoms in total.